The lowest BCUT2D eigenvalue weighted by molar-refractivity contribution is 0.102. The first-order chi connectivity index (χ1) is 10.6. The number of benzene rings is 1. The van der Waals surface area contributed by atoms with E-state index in [1.165, 1.54) is 12.8 Å². The fourth-order valence-corrected chi connectivity index (χ4v) is 2.69. The Hall–Kier alpha value is -2.43. The smallest absolute Gasteiger partial charge is 0.274 e. The van der Waals surface area contributed by atoms with Crippen molar-refractivity contribution in [3.8, 4) is 0 Å². The SMILES string of the molecule is Cc1cccc(NC(=O)c2cc(N3CCCC3)nc(C)n2)c1. The minimum atomic E-state index is -0.198. The second-order valence-electron chi connectivity index (χ2n) is 5.68. The van der Waals surface area contributed by atoms with Gasteiger partial charge in [0.05, 0.1) is 0 Å². The summed E-state index contributed by atoms with van der Waals surface area (Å²) in [7, 11) is 0. The Bertz CT molecular complexity index is 693. The number of anilines is 2. The lowest BCUT2D eigenvalue weighted by atomic mass is 10.2. The van der Waals surface area contributed by atoms with Gasteiger partial charge < -0.3 is 10.2 Å². The first kappa shape index (κ1) is 14.5. The van der Waals surface area contributed by atoms with Crippen LogP contribution in [0.25, 0.3) is 0 Å². The van der Waals surface area contributed by atoms with E-state index in [-0.39, 0.29) is 5.91 Å². The average Bonchev–Trinajstić information content (AvgIpc) is 3.01. The number of hydrogen-bond acceptors (Lipinski definition) is 4. The summed E-state index contributed by atoms with van der Waals surface area (Å²) in [6, 6.07) is 9.51. The van der Waals surface area contributed by atoms with Gasteiger partial charge >= 0.3 is 0 Å². The van der Waals surface area contributed by atoms with Crippen LogP contribution in [-0.4, -0.2) is 29.0 Å². The van der Waals surface area contributed by atoms with Gasteiger partial charge in [0.2, 0.25) is 0 Å². The van der Waals surface area contributed by atoms with Gasteiger partial charge in [-0.3, -0.25) is 4.79 Å². The molecular weight excluding hydrogens is 276 g/mol. The molecule has 0 saturated carbocycles. The first-order valence-electron chi connectivity index (χ1n) is 7.60. The van der Waals surface area contributed by atoms with Gasteiger partial charge in [-0.15, -0.1) is 0 Å². The Kier molecular flexibility index (Phi) is 4.04. The molecular formula is C17H20N4O. The molecule has 0 aliphatic carbocycles. The van der Waals surface area contributed by atoms with Crippen molar-refractivity contribution in [1.82, 2.24) is 9.97 Å². The fourth-order valence-electron chi connectivity index (χ4n) is 2.69. The van der Waals surface area contributed by atoms with E-state index >= 15 is 0 Å². The molecule has 1 saturated heterocycles. The standard InChI is InChI=1S/C17H20N4O/c1-12-6-5-7-14(10-12)20-17(22)15-11-16(19-13(2)18-15)21-8-3-4-9-21/h5-7,10-11H,3-4,8-9H2,1-2H3,(H,20,22). The van der Waals surface area contributed by atoms with Crippen LogP contribution in [0.2, 0.25) is 0 Å². The third kappa shape index (κ3) is 3.24. The van der Waals surface area contributed by atoms with Gasteiger partial charge in [-0.2, -0.15) is 0 Å². The summed E-state index contributed by atoms with van der Waals surface area (Å²) in [6.45, 7) is 5.81. The molecule has 1 aliphatic heterocycles. The second kappa shape index (κ2) is 6.13. The van der Waals surface area contributed by atoms with Crippen molar-refractivity contribution < 1.29 is 4.79 Å². The van der Waals surface area contributed by atoms with Crippen LogP contribution in [-0.2, 0) is 0 Å². The van der Waals surface area contributed by atoms with Crippen LogP contribution >= 0.6 is 0 Å². The molecule has 0 bridgehead atoms. The molecule has 1 aromatic heterocycles. The molecule has 0 spiro atoms. The van der Waals surface area contributed by atoms with Crippen LogP contribution < -0.4 is 10.2 Å². The van der Waals surface area contributed by atoms with Crippen molar-refractivity contribution in [1.29, 1.82) is 0 Å². The van der Waals surface area contributed by atoms with E-state index in [0.717, 1.165) is 30.2 Å². The molecule has 0 unspecified atom stereocenters. The topological polar surface area (TPSA) is 58.1 Å². The van der Waals surface area contributed by atoms with Gasteiger partial charge in [-0.25, -0.2) is 9.97 Å². The molecule has 1 fully saturated rings. The van der Waals surface area contributed by atoms with Crippen molar-refractivity contribution in [3.63, 3.8) is 0 Å². The first-order valence-corrected chi connectivity index (χ1v) is 7.60. The summed E-state index contributed by atoms with van der Waals surface area (Å²) in [5.74, 6) is 1.27. The second-order valence-corrected chi connectivity index (χ2v) is 5.68. The predicted octanol–water partition coefficient (Wildman–Crippen LogP) is 2.95. The van der Waals surface area contributed by atoms with Crippen LogP contribution in [0.3, 0.4) is 0 Å². The molecule has 114 valence electrons. The monoisotopic (exact) mass is 296 g/mol. The average molecular weight is 296 g/mol. The van der Waals surface area contributed by atoms with E-state index < -0.39 is 0 Å². The van der Waals surface area contributed by atoms with E-state index in [1.54, 1.807) is 6.07 Å². The quantitative estimate of drug-likeness (QED) is 0.946. The maximum Gasteiger partial charge on any atom is 0.274 e. The third-order valence-corrected chi connectivity index (χ3v) is 3.76. The minimum Gasteiger partial charge on any atom is -0.356 e. The number of aromatic nitrogens is 2. The number of amides is 1. The summed E-state index contributed by atoms with van der Waals surface area (Å²) < 4.78 is 0. The summed E-state index contributed by atoms with van der Waals surface area (Å²) in [4.78, 5) is 23.4. The van der Waals surface area contributed by atoms with Crippen molar-refractivity contribution in [2.24, 2.45) is 0 Å². The minimum absolute atomic E-state index is 0.198. The zero-order valence-electron chi connectivity index (χ0n) is 13.0. The molecule has 2 aromatic rings. The molecule has 5 nitrogen and oxygen atoms in total. The molecule has 1 amide bonds. The largest absolute Gasteiger partial charge is 0.356 e. The Morgan fingerprint density at radius 1 is 1.14 bits per heavy atom. The van der Waals surface area contributed by atoms with Gasteiger partial charge in [-0.1, -0.05) is 12.1 Å². The van der Waals surface area contributed by atoms with Crippen molar-refractivity contribution in [2.75, 3.05) is 23.3 Å². The number of hydrogen-bond donors (Lipinski definition) is 1. The van der Waals surface area contributed by atoms with E-state index in [0.29, 0.717) is 11.5 Å². The molecule has 2 heterocycles. The van der Waals surface area contributed by atoms with Crippen LogP contribution in [0.1, 0.15) is 34.7 Å². The molecule has 0 radical (unpaired) electrons. The highest BCUT2D eigenvalue weighted by Crippen LogP contribution is 2.19. The van der Waals surface area contributed by atoms with Crippen LogP contribution in [0.5, 0.6) is 0 Å². The zero-order valence-corrected chi connectivity index (χ0v) is 13.0. The normalized spacial score (nSPS) is 14.2. The highest BCUT2D eigenvalue weighted by molar-refractivity contribution is 6.03. The number of aryl methyl sites for hydroxylation is 2. The van der Waals surface area contributed by atoms with E-state index in [2.05, 4.69) is 20.2 Å². The molecule has 5 heteroatoms. The van der Waals surface area contributed by atoms with Crippen LogP contribution in [0.15, 0.2) is 30.3 Å². The highest BCUT2D eigenvalue weighted by Gasteiger charge is 2.17. The molecule has 22 heavy (non-hydrogen) atoms. The maximum atomic E-state index is 12.4. The van der Waals surface area contributed by atoms with Gasteiger partial charge in [0, 0.05) is 24.8 Å². The number of nitrogens with one attached hydrogen (secondary N) is 1. The molecule has 0 atom stereocenters. The maximum absolute atomic E-state index is 12.4. The molecule has 1 aromatic carbocycles. The lowest BCUT2D eigenvalue weighted by Gasteiger charge is -2.17. The summed E-state index contributed by atoms with van der Waals surface area (Å²) >= 11 is 0. The predicted molar refractivity (Wildman–Crippen MR) is 87.3 cm³/mol. The Labute approximate surface area is 130 Å². The van der Waals surface area contributed by atoms with Gasteiger partial charge in [0.1, 0.15) is 17.3 Å². The summed E-state index contributed by atoms with van der Waals surface area (Å²) in [6.07, 6.45) is 2.35. The van der Waals surface area contributed by atoms with Crippen LogP contribution in [0, 0.1) is 13.8 Å². The Balaban J connectivity index is 1.82. The van der Waals surface area contributed by atoms with E-state index in [1.807, 2.05) is 38.1 Å². The van der Waals surface area contributed by atoms with Crippen LogP contribution in [0.4, 0.5) is 11.5 Å². The van der Waals surface area contributed by atoms with Gasteiger partial charge in [0.25, 0.3) is 5.91 Å². The molecule has 1 N–H and O–H groups in total. The summed E-state index contributed by atoms with van der Waals surface area (Å²) in [5, 5.41) is 2.90. The summed E-state index contributed by atoms with van der Waals surface area (Å²) in [5.41, 5.74) is 2.30. The lowest BCUT2D eigenvalue weighted by Crippen LogP contribution is -2.22. The number of rotatable bonds is 3. The van der Waals surface area contributed by atoms with Gasteiger partial charge in [0.15, 0.2) is 0 Å². The Morgan fingerprint density at radius 3 is 2.64 bits per heavy atom. The number of carbonyl (C=O) groups excluding carboxylic acids is 1. The zero-order chi connectivity index (χ0) is 15.5. The Morgan fingerprint density at radius 2 is 1.91 bits per heavy atom. The fraction of sp³-hybridized carbons (Fsp3) is 0.353. The van der Waals surface area contributed by atoms with E-state index in [4.69, 9.17) is 0 Å². The van der Waals surface area contributed by atoms with Gasteiger partial charge in [-0.05, 0) is 44.4 Å². The molecule has 1 aliphatic rings. The van der Waals surface area contributed by atoms with Crippen molar-refractivity contribution >= 4 is 17.4 Å². The van der Waals surface area contributed by atoms with E-state index in [9.17, 15) is 4.79 Å². The number of nitrogens with zero attached hydrogens (tertiary/aromatic N) is 3. The third-order valence-electron chi connectivity index (χ3n) is 3.76. The van der Waals surface area contributed by atoms with Crippen molar-refractivity contribution in [2.45, 2.75) is 26.7 Å². The number of carbonyl (C=O) groups is 1. The highest BCUT2D eigenvalue weighted by atomic mass is 16.1. The molecule has 3 rings (SSSR count). The van der Waals surface area contributed by atoms with Crippen molar-refractivity contribution in [3.05, 3.63) is 47.4 Å².